The highest BCUT2D eigenvalue weighted by atomic mass is 35.5. The number of amidine groups is 1. The highest BCUT2D eigenvalue weighted by Crippen LogP contribution is 2.34. The van der Waals surface area contributed by atoms with Gasteiger partial charge >= 0.3 is 0 Å². The quantitative estimate of drug-likeness (QED) is 0.393. The Kier molecular flexibility index (Phi) is 3.98. The van der Waals surface area contributed by atoms with Gasteiger partial charge in [-0.25, -0.2) is 9.97 Å². The van der Waals surface area contributed by atoms with Gasteiger partial charge in [0.25, 0.3) is 0 Å². The molecule has 0 atom stereocenters. The van der Waals surface area contributed by atoms with Crippen LogP contribution < -0.4 is 5.73 Å². The molecule has 0 radical (unpaired) electrons. The van der Waals surface area contributed by atoms with Crippen molar-refractivity contribution >= 4 is 29.2 Å². The van der Waals surface area contributed by atoms with E-state index in [1.807, 2.05) is 6.07 Å². The average Bonchev–Trinajstić information content (AvgIpc) is 2.95. The van der Waals surface area contributed by atoms with Crippen molar-refractivity contribution in [2.45, 2.75) is 29.3 Å². The lowest BCUT2D eigenvalue weighted by molar-refractivity contribution is 0.318. The lowest BCUT2D eigenvalue weighted by Gasteiger charge is -2.10. The molecule has 5 nitrogen and oxygen atoms in total. The molecule has 1 aliphatic rings. The van der Waals surface area contributed by atoms with E-state index in [1.54, 1.807) is 18.3 Å². The number of aromatic nitrogens is 2. The summed E-state index contributed by atoms with van der Waals surface area (Å²) in [7, 11) is 0. The third-order valence-electron chi connectivity index (χ3n) is 3.32. The minimum atomic E-state index is 0.0479. The number of rotatable bonds is 3. The van der Waals surface area contributed by atoms with E-state index in [2.05, 4.69) is 15.1 Å². The number of nitrogens with zero attached hydrogens (tertiary/aromatic N) is 3. The Morgan fingerprint density at radius 2 is 2.24 bits per heavy atom. The zero-order chi connectivity index (χ0) is 14.8. The molecule has 2 aromatic heterocycles. The molecule has 1 aliphatic carbocycles. The number of pyridine rings is 2. The van der Waals surface area contributed by atoms with Crippen LogP contribution in [0.2, 0.25) is 5.02 Å². The van der Waals surface area contributed by atoms with Gasteiger partial charge in [-0.1, -0.05) is 16.8 Å². The van der Waals surface area contributed by atoms with Crippen LogP contribution in [0.15, 0.2) is 39.6 Å². The summed E-state index contributed by atoms with van der Waals surface area (Å²) < 4.78 is 0. The fourth-order valence-electron chi connectivity index (χ4n) is 2.31. The van der Waals surface area contributed by atoms with E-state index in [4.69, 9.17) is 22.5 Å². The molecule has 0 unspecified atom stereocenters. The Morgan fingerprint density at radius 1 is 1.38 bits per heavy atom. The molecular formula is C14H13ClN4OS. The number of aryl methyl sites for hydroxylation is 2. The zero-order valence-electron chi connectivity index (χ0n) is 11.1. The highest BCUT2D eigenvalue weighted by molar-refractivity contribution is 7.99. The van der Waals surface area contributed by atoms with Crippen molar-refractivity contribution in [1.82, 2.24) is 9.97 Å². The molecule has 2 heterocycles. The van der Waals surface area contributed by atoms with Gasteiger partial charge in [-0.3, -0.25) is 0 Å². The molecule has 0 saturated heterocycles. The van der Waals surface area contributed by atoms with E-state index in [-0.39, 0.29) is 5.84 Å². The maximum Gasteiger partial charge on any atom is 0.172 e. The molecule has 3 rings (SSSR count). The van der Waals surface area contributed by atoms with E-state index < -0.39 is 0 Å². The Labute approximate surface area is 131 Å². The van der Waals surface area contributed by atoms with E-state index in [1.165, 1.54) is 11.8 Å². The van der Waals surface area contributed by atoms with Gasteiger partial charge in [-0.05, 0) is 54.8 Å². The van der Waals surface area contributed by atoms with E-state index in [9.17, 15) is 0 Å². The van der Waals surface area contributed by atoms with Crippen molar-refractivity contribution in [3.63, 3.8) is 0 Å². The Hall–Kier alpha value is -1.79. The third-order valence-corrected chi connectivity index (χ3v) is 4.76. The molecule has 21 heavy (non-hydrogen) atoms. The van der Waals surface area contributed by atoms with Gasteiger partial charge in [-0.2, -0.15) is 0 Å². The molecule has 3 N–H and O–H groups in total. The minimum absolute atomic E-state index is 0.0479. The molecule has 0 fully saturated rings. The molecule has 7 heteroatoms. The Morgan fingerprint density at radius 3 is 3.00 bits per heavy atom. The molecular weight excluding hydrogens is 308 g/mol. The first-order valence-corrected chi connectivity index (χ1v) is 7.67. The van der Waals surface area contributed by atoms with Crippen LogP contribution in [-0.2, 0) is 12.8 Å². The van der Waals surface area contributed by atoms with Gasteiger partial charge in [-0.15, -0.1) is 0 Å². The summed E-state index contributed by atoms with van der Waals surface area (Å²) in [5, 5.41) is 13.9. The van der Waals surface area contributed by atoms with Gasteiger partial charge in [0.1, 0.15) is 10.1 Å². The first-order chi connectivity index (χ1) is 10.2. The normalized spacial score (nSPS) is 14.2. The highest BCUT2D eigenvalue weighted by Gasteiger charge is 2.20. The molecule has 0 bridgehead atoms. The average molecular weight is 321 g/mol. The maximum atomic E-state index is 8.97. The first kappa shape index (κ1) is 14.2. The second kappa shape index (κ2) is 5.91. The van der Waals surface area contributed by atoms with Crippen LogP contribution in [0.3, 0.4) is 0 Å². The topological polar surface area (TPSA) is 84.4 Å². The summed E-state index contributed by atoms with van der Waals surface area (Å²) in [6, 6.07) is 5.49. The lowest BCUT2D eigenvalue weighted by Crippen LogP contribution is -2.16. The van der Waals surface area contributed by atoms with Crippen molar-refractivity contribution < 1.29 is 5.21 Å². The number of fused-ring (bicyclic) bond motifs is 1. The van der Waals surface area contributed by atoms with Crippen LogP contribution in [0.1, 0.15) is 23.2 Å². The zero-order valence-corrected chi connectivity index (χ0v) is 12.7. The number of halogens is 1. The molecule has 108 valence electrons. The first-order valence-electron chi connectivity index (χ1n) is 6.48. The summed E-state index contributed by atoms with van der Waals surface area (Å²) in [5.74, 6) is 0.0479. The van der Waals surface area contributed by atoms with Crippen LogP contribution >= 0.6 is 23.4 Å². The van der Waals surface area contributed by atoms with Gasteiger partial charge < -0.3 is 10.9 Å². The number of hydrogen-bond acceptors (Lipinski definition) is 5. The molecule has 2 aromatic rings. The van der Waals surface area contributed by atoms with Gasteiger partial charge in [0, 0.05) is 11.9 Å². The van der Waals surface area contributed by atoms with E-state index >= 15 is 0 Å². The standard InChI is InChI=1S/C14H13ClN4OS/c15-10-4-2-6-17-14(10)21-13-9(12(16)19-20)7-8-3-1-5-11(8)18-13/h2,4,6-7,20H,1,3,5H2,(H2,16,19). The molecule has 0 saturated carbocycles. The number of nitrogens with two attached hydrogens (primary N) is 1. The lowest BCUT2D eigenvalue weighted by atomic mass is 10.1. The SMILES string of the molecule is NC(=NO)c1cc2c(nc1Sc1ncccc1Cl)CCC2. The van der Waals surface area contributed by atoms with E-state index in [0.717, 1.165) is 30.5 Å². The Balaban J connectivity index is 2.06. The molecule has 0 aromatic carbocycles. The second-order valence-corrected chi connectivity index (χ2v) is 6.06. The van der Waals surface area contributed by atoms with Crippen molar-refractivity contribution in [3.05, 3.63) is 46.2 Å². The van der Waals surface area contributed by atoms with Gasteiger partial charge in [0.15, 0.2) is 5.84 Å². The molecule has 0 aliphatic heterocycles. The summed E-state index contributed by atoms with van der Waals surface area (Å²) in [4.78, 5) is 8.89. The molecule has 0 spiro atoms. The summed E-state index contributed by atoms with van der Waals surface area (Å²) in [5.41, 5.74) is 8.62. The predicted molar refractivity (Wildman–Crippen MR) is 82.1 cm³/mol. The fourth-order valence-corrected chi connectivity index (χ4v) is 3.43. The smallest absolute Gasteiger partial charge is 0.172 e. The van der Waals surface area contributed by atoms with Crippen LogP contribution in [0.25, 0.3) is 0 Å². The maximum absolute atomic E-state index is 8.97. The summed E-state index contributed by atoms with van der Waals surface area (Å²) in [6.45, 7) is 0. The fraction of sp³-hybridized carbons (Fsp3) is 0.214. The molecule has 0 amide bonds. The van der Waals surface area contributed by atoms with Crippen molar-refractivity contribution in [2.24, 2.45) is 10.9 Å². The van der Waals surface area contributed by atoms with Crippen LogP contribution in [0.5, 0.6) is 0 Å². The second-order valence-electron chi connectivity index (χ2n) is 4.68. The number of oxime groups is 1. The van der Waals surface area contributed by atoms with E-state index in [0.29, 0.717) is 20.6 Å². The summed E-state index contributed by atoms with van der Waals surface area (Å²) >= 11 is 7.46. The van der Waals surface area contributed by atoms with Crippen molar-refractivity contribution in [2.75, 3.05) is 0 Å². The minimum Gasteiger partial charge on any atom is -0.409 e. The monoisotopic (exact) mass is 320 g/mol. The number of hydrogen-bond donors (Lipinski definition) is 2. The summed E-state index contributed by atoms with van der Waals surface area (Å²) in [6.07, 6.45) is 4.68. The largest absolute Gasteiger partial charge is 0.409 e. The van der Waals surface area contributed by atoms with Crippen molar-refractivity contribution in [3.8, 4) is 0 Å². The van der Waals surface area contributed by atoms with Gasteiger partial charge in [0.05, 0.1) is 10.6 Å². The van der Waals surface area contributed by atoms with Crippen LogP contribution in [0, 0.1) is 0 Å². The third kappa shape index (κ3) is 2.82. The predicted octanol–water partition coefficient (Wildman–Crippen LogP) is 2.86. The van der Waals surface area contributed by atoms with Crippen LogP contribution in [-0.4, -0.2) is 21.0 Å². The van der Waals surface area contributed by atoms with Crippen molar-refractivity contribution in [1.29, 1.82) is 0 Å². The Bertz CT molecular complexity index is 720. The van der Waals surface area contributed by atoms with Crippen LogP contribution in [0.4, 0.5) is 0 Å². The van der Waals surface area contributed by atoms with Gasteiger partial charge in [0.2, 0.25) is 0 Å².